The summed E-state index contributed by atoms with van der Waals surface area (Å²) in [5, 5.41) is 0. The van der Waals surface area contributed by atoms with Gasteiger partial charge < -0.3 is 10.6 Å². The van der Waals surface area contributed by atoms with E-state index in [1.165, 1.54) is 24.1 Å². The minimum absolute atomic E-state index is 0.912. The predicted molar refractivity (Wildman–Crippen MR) is 52.4 cm³/mol. The number of nitrogen functional groups attached to an aromatic ring is 1. The van der Waals surface area contributed by atoms with Crippen LogP contribution in [-0.2, 0) is 6.42 Å². The third-order valence-electron chi connectivity index (χ3n) is 2.47. The molecule has 2 N–H and O–H groups in total. The lowest BCUT2D eigenvalue weighted by molar-refractivity contribution is 0.746. The van der Waals surface area contributed by atoms with Crippen molar-refractivity contribution in [2.45, 2.75) is 12.8 Å². The molecular formula is C10H14N2. The Bertz CT molecular complexity index is 294. The smallest absolute Gasteiger partial charge is 0.0629 e. The van der Waals surface area contributed by atoms with Crippen LogP contribution < -0.4 is 10.6 Å². The lowest BCUT2D eigenvalue weighted by Gasteiger charge is -2.28. The Morgan fingerprint density at radius 2 is 2.25 bits per heavy atom. The summed E-state index contributed by atoms with van der Waals surface area (Å²) in [6.07, 6.45) is 2.41. The van der Waals surface area contributed by atoms with Gasteiger partial charge in [0.1, 0.15) is 0 Å². The molecule has 12 heavy (non-hydrogen) atoms. The first-order valence-corrected chi connectivity index (χ1v) is 4.37. The van der Waals surface area contributed by atoms with Crippen molar-refractivity contribution in [3.63, 3.8) is 0 Å². The largest absolute Gasteiger partial charge is 0.397 e. The van der Waals surface area contributed by atoms with E-state index in [2.05, 4.69) is 18.0 Å². The van der Waals surface area contributed by atoms with E-state index >= 15 is 0 Å². The van der Waals surface area contributed by atoms with Gasteiger partial charge in [0.15, 0.2) is 0 Å². The van der Waals surface area contributed by atoms with Crippen LogP contribution in [-0.4, -0.2) is 13.6 Å². The summed E-state index contributed by atoms with van der Waals surface area (Å²) in [7, 11) is 2.11. The number of fused-ring (bicyclic) bond motifs is 1. The van der Waals surface area contributed by atoms with Gasteiger partial charge in [-0.05, 0) is 24.5 Å². The SMILES string of the molecule is CN1CCCc2cccc(N)c21. The highest BCUT2D eigenvalue weighted by atomic mass is 15.1. The van der Waals surface area contributed by atoms with E-state index in [4.69, 9.17) is 5.73 Å². The predicted octanol–water partition coefficient (Wildman–Crippen LogP) is 1.65. The van der Waals surface area contributed by atoms with Gasteiger partial charge in [0.2, 0.25) is 0 Å². The molecule has 0 amide bonds. The summed E-state index contributed by atoms with van der Waals surface area (Å²) in [6.45, 7) is 1.13. The summed E-state index contributed by atoms with van der Waals surface area (Å²) >= 11 is 0. The summed E-state index contributed by atoms with van der Waals surface area (Å²) in [6, 6.07) is 6.18. The first kappa shape index (κ1) is 7.47. The minimum Gasteiger partial charge on any atom is -0.397 e. The Morgan fingerprint density at radius 3 is 3.00 bits per heavy atom. The molecular weight excluding hydrogens is 148 g/mol. The van der Waals surface area contributed by atoms with Crippen LogP contribution in [0.25, 0.3) is 0 Å². The zero-order chi connectivity index (χ0) is 8.55. The third kappa shape index (κ3) is 1.04. The molecule has 0 saturated heterocycles. The molecule has 1 aromatic carbocycles. The molecule has 64 valence electrons. The summed E-state index contributed by atoms with van der Waals surface area (Å²) in [5.74, 6) is 0. The number of aryl methyl sites for hydroxylation is 1. The zero-order valence-corrected chi connectivity index (χ0v) is 7.38. The van der Waals surface area contributed by atoms with E-state index in [0.717, 1.165) is 12.2 Å². The number of rotatable bonds is 0. The Hall–Kier alpha value is -1.18. The molecule has 0 saturated carbocycles. The molecule has 1 aliphatic heterocycles. The fourth-order valence-electron chi connectivity index (χ4n) is 1.90. The number of anilines is 2. The van der Waals surface area contributed by atoms with Crippen molar-refractivity contribution in [3.8, 4) is 0 Å². The fourth-order valence-corrected chi connectivity index (χ4v) is 1.90. The van der Waals surface area contributed by atoms with Gasteiger partial charge in [-0.25, -0.2) is 0 Å². The van der Waals surface area contributed by atoms with Crippen LogP contribution in [0, 0.1) is 0 Å². The van der Waals surface area contributed by atoms with Gasteiger partial charge in [0.25, 0.3) is 0 Å². The van der Waals surface area contributed by atoms with Gasteiger partial charge in [-0.15, -0.1) is 0 Å². The van der Waals surface area contributed by atoms with Crippen LogP contribution in [0.4, 0.5) is 11.4 Å². The lowest BCUT2D eigenvalue weighted by atomic mass is 10.0. The van der Waals surface area contributed by atoms with E-state index in [9.17, 15) is 0 Å². The average Bonchev–Trinajstić information content (AvgIpc) is 2.04. The Morgan fingerprint density at radius 1 is 1.42 bits per heavy atom. The fraction of sp³-hybridized carbons (Fsp3) is 0.400. The Labute approximate surface area is 73.0 Å². The molecule has 0 spiro atoms. The molecule has 0 atom stereocenters. The number of benzene rings is 1. The van der Waals surface area contributed by atoms with Crippen molar-refractivity contribution < 1.29 is 0 Å². The van der Waals surface area contributed by atoms with Crippen LogP contribution in [0.2, 0.25) is 0 Å². The van der Waals surface area contributed by atoms with E-state index in [-0.39, 0.29) is 0 Å². The van der Waals surface area contributed by atoms with Gasteiger partial charge in [0, 0.05) is 13.6 Å². The minimum atomic E-state index is 0.912. The van der Waals surface area contributed by atoms with Gasteiger partial charge >= 0.3 is 0 Å². The zero-order valence-electron chi connectivity index (χ0n) is 7.38. The monoisotopic (exact) mass is 162 g/mol. The standard InChI is InChI=1S/C10H14N2/c1-12-7-3-5-8-4-2-6-9(11)10(8)12/h2,4,6H,3,5,7,11H2,1H3. The lowest BCUT2D eigenvalue weighted by Crippen LogP contribution is -2.25. The van der Waals surface area contributed by atoms with Crippen molar-refractivity contribution in [1.29, 1.82) is 0 Å². The number of para-hydroxylation sites is 1. The maximum Gasteiger partial charge on any atom is 0.0629 e. The number of hydrogen-bond acceptors (Lipinski definition) is 2. The van der Waals surface area contributed by atoms with E-state index in [1.54, 1.807) is 0 Å². The quantitative estimate of drug-likeness (QED) is 0.588. The molecule has 2 rings (SSSR count). The van der Waals surface area contributed by atoms with Crippen molar-refractivity contribution in [2.75, 3.05) is 24.2 Å². The second-order valence-electron chi connectivity index (χ2n) is 3.38. The van der Waals surface area contributed by atoms with Crippen molar-refractivity contribution in [2.24, 2.45) is 0 Å². The molecule has 1 aliphatic rings. The van der Waals surface area contributed by atoms with Crippen LogP contribution in [0.3, 0.4) is 0 Å². The Balaban J connectivity index is 2.53. The van der Waals surface area contributed by atoms with E-state index in [0.29, 0.717) is 0 Å². The van der Waals surface area contributed by atoms with Crippen molar-refractivity contribution in [1.82, 2.24) is 0 Å². The molecule has 0 radical (unpaired) electrons. The molecule has 1 heterocycles. The Kier molecular flexibility index (Phi) is 1.68. The number of nitrogens with two attached hydrogens (primary N) is 1. The number of nitrogens with zero attached hydrogens (tertiary/aromatic N) is 1. The number of hydrogen-bond donors (Lipinski definition) is 1. The van der Waals surface area contributed by atoms with Crippen LogP contribution in [0.15, 0.2) is 18.2 Å². The highest BCUT2D eigenvalue weighted by Gasteiger charge is 2.14. The summed E-state index contributed by atoms with van der Waals surface area (Å²) < 4.78 is 0. The highest BCUT2D eigenvalue weighted by molar-refractivity contribution is 5.72. The molecule has 0 fully saturated rings. The molecule has 2 heteroatoms. The second-order valence-corrected chi connectivity index (χ2v) is 3.38. The highest BCUT2D eigenvalue weighted by Crippen LogP contribution is 2.31. The molecule has 0 bridgehead atoms. The molecule has 0 unspecified atom stereocenters. The average molecular weight is 162 g/mol. The first-order chi connectivity index (χ1) is 5.79. The van der Waals surface area contributed by atoms with Crippen LogP contribution in [0.1, 0.15) is 12.0 Å². The van der Waals surface area contributed by atoms with Crippen molar-refractivity contribution in [3.05, 3.63) is 23.8 Å². The molecule has 0 aliphatic carbocycles. The summed E-state index contributed by atoms with van der Waals surface area (Å²) in [5.41, 5.74) is 9.43. The maximum atomic E-state index is 5.89. The van der Waals surface area contributed by atoms with Gasteiger partial charge in [-0.1, -0.05) is 12.1 Å². The molecule has 1 aromatic rings. The van der Waals surface area contributed by atoms with Crippen LogP contribution in [0.5, 0.6) is 0 Å². The summed E-state index contributed by atoms with van der Waals surface area (Å²) in [4.78, 5) is 2.24. The van der Waals surface area contributed by atoms with E-state index < -0.39 is 0 Å². The van der Waals surface area contributed by atoms with Gasteiger partial charge in [-0.2, -0.15) is 0 Å². The first-order valence-electron chi connectivity index (χ1n) is 4.37. The third-order valence-corrected chi connectivity index (χ3v) is 2.47. The van der Waals surface area contributed by atoms with Crippen molar-refractivity contribution >= 4 is 11.4 Å². The van der Waals surface area contributed by atoms with E-state index in [1.807, 2.05) is 12.1 Å². The normalized spacial score (nSPS) is 15.9. The maximum absolute atomic E-state index is 5.89. The van der Waals surface area contributed by atoms with Gasteiger partial charge in [0.05, 0.1) is 11.4 Å². The topological polar surface area (TPSA) is 29.3 Å². The second kappa shape index (κ2) is 2.70. The van der Waals surface area contributed by atoms with Crippen LogP contribution >= 0.6 is 0 Å². The van der Waals surface area contributed by atoms with Gasteiger partial charge in [-0.3, -0.25) is 0 Å². The molecule has 0 aromatic heterocycles. The molecule has 2 nitrogen and oxygen atoms in total.